The van der Waals surface area contributed by atoms with Gasteiger partial charge in [-0.2, -0.15) is 0 Å². The number of hydrogen-bond acceptors (Lipinski definition) is 7. The number of para-hydroxylation sites is 2. The number of anilines is 2. The smallest absolute Gasteiger partial charge is 0.408 e. The lowest BCUT2D eigenvalue weighted by atomic mass is 10.3. The van der Waals surface area contributed by atoms with E-state index in [1.54, 1.807) is 30.6 Å². The van der Waals surface area contributed by atoms with Crippen LogP contribution in [0.2, 0.25) is 0 Å². The first-order valence-electron chi connectivity index (χ1n) is 9.36. The molecule has 1 saturated heterocycles. The van der Waals surface area contributed by atoms with Crippen molar-refractivity contribution in [1.29, 1.82) is 0 Å². The molecule has 0 unspecified atom stereocenters. The van der Waals surface area contributed by atoms with Gasteiger partial charge in [-0.1, -0.05) is 12.1 Å². The van der Waals surface area contributed by atoms with Crippen LogP contribution in [0, 0.1) is 0 Å². The topological polar surface area (TPSA) is 105 Å². The Bertz CT molecular complexity index is 1020. The van der Waals surface area contributed by atoms with Crippen molar-refractivity contribution in [3.05, 3.63) is 47.2 Å². The lowest BCUT2D eigenvalue weighted by Gasteiger charge is -2.16. The van der Waals surface area contributed by atoms with Gasteiger partial charge in [0.05, 0.1) is 5.52 Å². The summed E-state index contributed by atoms with van der Waals surface area (Å²) in [5.74, 6) is 0.856. The summed E-state index contributed by atoms with van der Waals surface area (Å²) in [4.78, 5) is 34.9. The van der Waals surface area contributed by atoms with E-state index in [-0.39, 0.29) is 12.5 Å². The number of hydrogen-bond donors (Lipinski definition) is 2. The van der Waals surface area contributed by atoms with E-state index in [9.17, 15) is 9.59 Å². The Balaban J connectivity index is 1.27. The van der Waals surface area contributed by atoms with E-state index in [1.165, 1.54) is 17.4 Å². The fourth-order valence-corrected chi connectivity index (χ4v) is 3.32. The SMILES string of the molecule is O=C(Cn1c(=O)oc2ccccc21)NCCNc1cc(N2CCCC2)ncn1. The largest absolute Gasteiger partial charge is 0.420 e. The number of oxazole rings is 1. The van der Waals surface area contributed by atoms with E-state index in [2.05, 4.69) is 25.5 Å². The Morgan fingerprint density at radius 1 is 1.14 bits per heavy atom. The van der Waals surface area contributed by atoms with E-state index in [0.29, 0.717) is 24.2 Å². The number of aromatic nitrogens is 3. The average molecular weight is 382 g/mol. The maximum Gasteiger partial charge on any atom is 0.420 e. The van der Waals surface area contributed by atoms with E-state index in [4.69, 9.17) is 4.42 Å². The first-order valence-corrected chi connectivity index (χ1v) is 9.36. The first kappa shape index (κ1) is 18.0. The Morgan fingerprint density at radius 2 is 1.96 bits per heavy atom. The lowest BCUT2D eigenvalue weighted by molar-refractivity contribution is -0.121. The van der Waals surface area contributed by atoms with E-state index < -0.39 is 5.76 Å². The van der Waals surface area contributed by atoms with Crippen LogP contribution in [0.1, 0.15) is 12.8 Å². The highest BCUT2D eigenvalue weighted by atomic mass is 16.4. The molecule has 0 spiro atoms. The van der Waals surface area contributed by atoms with Gasteiger partial charge in [0.25, 0.3) is 0 Å². The number of nitrogens with one attached hydrogen (secondary N) is 2. The number of fused-ring (bicyclic) bond motifs is 1. The number of nitrogens with zero attached hydrogens (tertiary/aromatic N) is 4. The average Bonchev–Trinajstić information content (AvgIpc) is 3.34. The molecule has 1 aliphatic heterocycles. The third-order valence-corrected chi connectivity index (χ3v) is 4.71. The number of amides is 1. The van der Waals surface area contributed by atoms with Gasteiger partial charge in [-0.05, 0) is 25.0 Å². The number of rotatable bonds is 7. The summed E-state index contributed by atoms with van der Waals surface area (Å²) in [6.45, 7) is 2.89. The van der Waals surface area contributed by atoms with Crippen molar-refractivity contribution in [2.24, 2.45) is 0 Å². The zero-order valence-electron chi connectivity index (χ0n) is 15.4. The molecular weight excluding hydrogens is 360 g/mol. The molecule has 3 heterocycles. The summed E-state index contributed by atoms with van der Waals surface area (Å²) < 4.78 is 6.46. The van der Waals surface area contributed by atoms with Crippen molar-refractivity contribution in [1.82, 2.24) is 19.9 Å². The normalized spacial score (nSPS) is 13.8. The Hall–Kier alpha value is -3.36. The molecule has 2 aromatic heterocycles. The Labute approximate surface area is 161 Å². The van der Waals surface area contributed by atoms with Crippen molar-refractivity contribution in [3.63, 3.8) is 0 Å². The Morgan fingerprint density at radius 3 is 2.82 bits per heavy atom. The van der Waals surface area contributed by atoms with Gasteiger partial charge < -0.3 is 20.0 Å². The van der Waals surface area contributed by atoms with Crippen molar-refractivity contribution in [2.45, 2.75) is 19.4 Å². The van der Waals surface area contributed by atoms with Crippen molar-refractivity contribution < 1.29 is 9.21 Å². The van der Waals surface area contributed by atoms with Gasteiger partial charge in [-0.15, -0.1) is 0 Å². The van der Waals surface area contributed by atoms with Gasteiger partial charge in [-0.25, -0.2) is 14.8 Å². The molecule has 0 saturated carbocycles. The van der Waals surface area contributed by atoms with Crippen LogP contribution in [-0.4, -0.2) is 46.6 Å². The van der Waals surface area contributed by atoms with E-state index in [0.717, 1.165) is 24.7 Å². The fraction of sp³-hybridized carbons (Fsp3) is 0.368. The summed E-state index contributed by atoms with van der Waals surface area (Å²) in [6.07, 6.45) is 3.92. The maximum absolute atomic E-state index is 12.2. The van der Waals surface area contributed by atoms with Gasteiger partial charge in [0.2, 0.25) is 5.91 Å². The van der Waals surface area contributed by atoms with Crippen LogP contribution in [0.3, 0.4) is 0 Å². The van der Waals surface area contributed by atoms with Crippen molar-refractivity contribution in [2.75, 3.05) is 36.4 Å². The van der Waals surface area contributed by atoms with Crippen LogP contribution in [0.15, 0.2) is 45.9 Å². The highest BCUT2D eigenvalue weighted by Crippen LogP contribution is 2.19. The molecule has 9 nitrogen and oxygen atoms in total. The maximum atomic E-state index is 12.2. The molecule has 0 aliphatic carbocycles. The summed E-state index contributed by atoms with van der Waals surface area (Å²) in [6, 6.07) is 8.96. The zero-order chi connectivity index (χ0) is 19.3. The fourth-order valence-electron chi connectivity index (χ4n) is 3.32. The van der Waals surface area contributed by atoms with Crippen LogP contribution in [0.25, 0.3) is 11.1 Å². The van der Waals surface area contributed by atoms with Crippen LogP contribution >= 0.6 is 0 Å². The monoisotopic (exact) mass is 382 g/mol. The molecule has 28 heavy (non-hydrogen) atoms. The lowest BCUT2D eigenvalue weighted by Crippen LogP contribution is -2.33. The minimum Gasteiger partial charge on any atom is -0.408 e. The van der Waals surface area contributed by atoms with Crippen LogP contribution in [-0.2, 0) is 11.3 Å². The van der Waals surface area contributed by atoms with Crippen molar-refractivity contribution in [3.8, 4) is 0 Å². The van der Waals surface area contributed by atoms with Crippen LogP contribution in [0.5, 0.6) is 0 Å². The van der Waals surface area contributed by atoms with Gasteiger partial charge in [0, 0.05) is 32.2 Å². The number of carbonyl (C=O) groups is 1. The number of benzene rings is 1. The summed E-state index contributed by atoms with van der Waals surface area (Å²) in [7, 11) is 0. The predicted octanol–water partition coefficient (Wildman–Crippen LogP) is 1.21. The van der Waals surface area contributed by atoms with E-state index in [1.807, 2.05) is 6.07 Å². The molecule has 1 aromatic carbocycles. The molecule has 1 aliphatic rings. The van der Waals surface area contributed by atoms with Gasteiger partial charge in [-0.3, -0.25) is 9.36 Å². The Kier molecular flexibility index (Phi) is 5.22. The molecule has 1 fully saturated rings. The molecule has 146 valence electrons. The molecule has 2 N–H and O–H groups in total. The van der Waals surface area contributed by atoms with Gasteiger partial charge in [0.1, 0.15) is 24.5 Å². The van der Waals surface area contributed by atoms with E-state index >= 15 is 0 Å². The number of carbonyl (C=O) groups excluding carboxylic acids is 1. The van der Waals surface area contributed by atoms with Crippen molar-refractivity contribution >= 4 is 28.6 Å². The molecular formula is C19H22N6O3. The standard InChI is InChI=1S/C19H22N6O3/c26-18(12-25-14-5-1-2-6-15(14)28-19(25)27)21-8-7-20-16-11-17(23-13-22-16)24-9-3-4-10-24/h1-2,5-6,11,13H,3-4,7-10,12H2,(H,21,26)(H,20,22,23). The van der Waals surface area contributed by atoms with Crippen LogP contribution in [0.4, 0.5) is 11.6 Å². The second-order valence-electron chi connectivity index (χ2n) is 6.65. The molecule has 1 amide bonds. The minimum absolute atomic E-state index is 0.0809. The summed E-state index contributed by atoms with van der Waals surface area (Å²) >= 11 is 0. The molecule has 0 radical (unpaired) electrons. The summed E-state index contributed by atoms with van der Waals surface area (Å²) in [5.41, 5.74) is 1.08. The summed E-state index contributed by atoms with van der Waals surface area (Å²) in [5, 5.41) is 5.98. The molecule has 0 atom stereocenters. The first-order chi connectivity index (χ1) is 13.7. The highest BCUT2D eigenvalue weighted by molar-refractivity contribution is 5.79. The quantitative estimate of drug-likeness (QED) is 0.592. The van der Waals surface area contributed by atoms with Gasteiger partial charge >= 0.3 is 5.76 Å². The molecule has 3 aromatic rings. The molecule has 9 heteroatoms. The second-order valence-corrected chi connectivity index (χ2v) is 6.65. The second kappa shape index (κ2) is 8.12. The third kappa shape index (κ3) is 3.98. The van der Waals surface area contributed by atoms with Gasteiger partial charge in [0.15, 0.2) is 5.58 Å². The highest BCUT2D eigenvalue weighted by Gasteiger charge is 2.14. The molecule has 4 rings (SSSR count). The minimum atomic E-state index is -0.537. The molecule has 0 bridgehead atoms. The van der Waals surface area contributed by atoms with Crippen LogP contribution < -0.4 is 21.3 Å². The third-order valence-electron chi connectivity index (χ3n) is 4.71. The zero-order valence-corrected chi connectivity index (χ0v) is 15.4. The predicted molar refractivity (Wildman–Crippen MR) is 105 cm³/mol.